The van der Waals surface area contributed by atoms with Crippen molar-refractivity contribution in [1.82, 2.24) is 16.0 Å². The number of hydrogen-bond acceptors (Lipinski definition) is 3. The van der Waals surface area contributed by atoms with Crippen LogP contribution in [0.2, 0.25) is 0 Å². The van der Waals surface area contributed by atoms with Gasteiger partial charge < -0.3 is 16.0 Å². The van der Waals surface area contributed by atoms with Crippen LogP contribution in [0.25, 0.3) is 0 Å². The predicted octanol–water partition coefficient (Wildman–Crippen LogP) is 1.39. The summed E-state index contributed by atoms with van der Waals surface area (Å²) in [6, 6.07) is 0.290. The van der Waals surface area contributed by atoms with Crippen LogP contribution < -0.4 is 16.0 Å². The highest BCUT2D eigenvalue weighted by Crippen LogP contribution is 2.23. The van der Waals surface area contributed by atoms with Gasteiger partial charge in [0, 0.05) is 48.0 Å². The van der Waals surface area contributed by atoms with Crippen LogP contribution in [0.15, 0.2) is 4.99 Å². The van der Waals surface area contributed by atoms with Gasteiger partial charge in [-0.2, -0.15) is 0 Å². The summed E-state index contributed by atoms with van der Waals surface area (Å²) < 4.78 is 12.1. The number of nitrogens with one attached hydrogen (secondary N) is 3. The molecule has 0 saturated heterocycles. The first-order valence-corrected chi connectivity index (χ1v) is 10.3. The fourth-order valence-electron chi connectivity index (χ4n) is 2.92. The number of guanidine groups is 1. The Hall–Kier alpha value is -1.11. The van der Waals surface area contributed by atoms with E-state index in [0.717, 1.165) is 31.4 Å². The van der Waals surface area contributed by atoms with Crippen LogP contribution in [0, 0.1) is 5.41 Å². The zero-order valence-corrected chi connectivity index (χ0v) is 16.6. The number of rotatable bonds is 7. The van der Waals surface area contributed by atoms with E-state index in [-0.39, 0.29) is 17.2 Å². The van der Waals surface area contributed by atoms with Crippen LogP contribution in [0.5, 0.6) is 0 Å². The van der Waals surface area contributed by atoms with E-state index in [1.54, 1.807) is 7.05 Å². The van der Waals surface area contributed by atoms with Crippen molar-refractivity contribution < 1.29 is 9.00 Å². The highest BCUT2D eigenvalue weighted by atomic mass is 32.2. The van der Waals surface area contributed by atoms with Crippen LogP contribution in [0.1, 0.15) is 53.4 Å². The van der Waals surface area contributed by atoms with Gasteiger partial charge in [-0.25, -0.2) is 0 Å². The van der Waals surface area contributed by atoms with Crippen LogP contribution >= 0.6 is 0 Å². The molecule has 6 nitrogen and oxygen atoms in total. The molecule has 3 N–H and O–H groups in total. The lowest BCUT2D eigenvalue weighted by Gasteiger charge is -2.31. The quantitative estimate of drug-likeness (QED) is 0.474. The predicted molar refractivity (Wildman–Crippen MR) is 102 cm³/mol. The van der Waals surface area contributed by atoms with Crippen LogP contribution in [0.3, 0.4) is 0 Å². The highest BCUT2D eigenvalue weighted by molar-refractivity contribution is 7.85. The molecule has 1 amide bonds. The largest absolute Gasteiger partial charge is 0.356 e. The Morgan fingerprint density at radius 3 is 2.54 bits per heavy atom. The average Bonchev–Trinajstić information content (AvgIpc) is 2.58. The molecule has 1 saturated carbocycles. The molecule has 0 aromatic rings. The van der Waals surface area contributed by atoms with E-state index >= 15 is 0 Å². The third kappa shape index (κ3) is 6.42. The second kappa shape index (κ2) is 10.0. The van der Waals surface area contributed by atoms with Gasteiger partial charge in [-0.3, -0.25) is 14.0 Å². The highest BCUT2D eigenvalue weighted by Gasteiger charge is 2.29. The molecule has 7 heteroatoms. The summed E-state index contributed by atoms with van der Waals surface area (Å²) in [5.41, 5.74) is -0.508. The van der Waals surface area contributed by atoms with Gasteiger partial charge in [-0.1, -0.05) is 13.3 Å². The molecule has 0 radical (unpaired) electrons. The lowest BCUT2D eigenvalue weighted by atomic mass is 9.92. The maximum Gasteiger partial charge on any atom is 0.227 e. The van der Waals surface area contributed by atoms with E-state index in [0.29, 0.717) is 19.0 Å². The molecule has 3 unspecified atom stereocenters. The van der Waals surface area contributed by atoms with Crippen molar-refractivity contribution >= 4 is 22.7 Å². The standard InChI is InChI=1S/C17H34N4O2S/c1-6-19-15(22)17(3,4)12-20-16(18-5)21-13-9-8-10-14(11-13)24(23)7-2/h13-14H,6-12H2,1-5H3,(H,19,22)(H2,18,20,21). The van der Waals surface area contributed by atoms with Gasteiger partial charge in [-0.05, 0) is 40.0 Å². The van der Waals surface area contributed by atoms with Gasteiger partial charge in [0.05, 0.1) is 5.41 Å². The van der Waals surface area contributed by atoms with Gasteiger partial charge in [0.25, 0.3) is 0 Å². The molecule has 3 atom stereocenters. The molecule has 0 aromatic heterocycles. The maximum absolute atomic E-state index is 12.1. The second-order valence-electron chi connectivity index (χ2n) is 6.97. The van der Waals surface area contributed by atoms with Crippen LogP contribution in [-0.4, -0.2) is 53.3 Å². The summed E-state index contributed by atoms with van der Waals surface area (Å²) in [6.45, 7) is 8.88. The lowest BCUT2D eigenvalue weighted by Crippen LogP contribution is -2.51. The number of aliphatic imine (C=N–C) groups is 1. The second-order valence-corrected chi connectivity index (χ2v) is 8.97. The SMILES string of the molecule is CCNC(=O)C(C)(C)CNC(=NC)NC1CCCC(S(=O)CC)C1. The minimum atomic E-state index is -0.731. The molecular weight excluding hydrogens is 324 g/mol. The molecule has 0 bridgehead atoms. The Labute approximate surface area is 149 Å². The molecule has 0 aliphatic heterocycles. The lowest BCUT2D eigenvalue weighted by molar-refractivity contribution is -0.128. The van der Waals surface area contributed by atoms with Gasteiger partial charge in [0.15, 0.2) is 5.96 Å². The first-order valence-electron chi connectivity index (χ1n) is 8.96. The average molecular weight is 359 g/mol. The van der Waals surface area contributed by atoms with E-state index < -0.39 is 16.2 Å². The number of hydrogen-bond donors (Lipinski definition) is 3. The summed E-state index contributed by atoms with van der Waals surface area (Å²) in [7, 11) is 1.00. The first kappa shape index (κ1) is 20.9. The van der Waals surface area contributed by atoms with Crippen molar-refractivity contribution in [3.63, 3.8) is 0 Å². The van der Waals surface area contributed by atoms with Gasteiger partial charge >= 0.3 is 0 Å². The third-order valence-corrected chi connectivity index (χ3v) is 6.24. The van der Waals surface area contributed by atoms with Gasteiger partial charge in [0.1, 0.15) is 0 Å². The van der Waals surface area contributed by atoms with Crippen molar-refractivity contribution in [3.8, 4) is 0 Å². The Kier molecular flexibility index (Phi) is 8.73. The molecule has 0 spiro atoms. The Morgan fingerprint density at radius 1 is 1.25 bits per heavy atom. The van der Waals surface area contributed by atoms with Crippen molar-refractivity contribution in [2.75, 3.05) is 25.9 Å². The Morgan fingerprint density at radius 2 is 1.96 bits per heavy atom. The maximum atomic E-state index is 12.1. The molecule has 1 aliphatic rings. The van der Waals surface area contributed by atoms with E-state index in [4.69, 9.17) is 0 Å². The van der Waals surface area contributed by atoms with Gasteiger partial charge in [-0.15, -0.1) is 0 Å². The number of amides is 1. The minimum Gasteiger partial charge on any atom is -0.356 e. The first-order chi connectivity index (χ1) is 11.3. The fourth-order valence-corrected chi connectivity index (χ4v) is 4.27. The van der Waals surface area contributed by atoms with Crippen molar-refractivity contribution in [2.24, 2.45) is 10.4 Å². The zero-order valence-electron chi connectivity index (χ0n) is 15.8. The van der Waals surface area contributed by atoms with Crippen molar-refractivity contribution in [3.05, 3.63) is 0 Å². The van der Waals surface area contributed by atoms with E-state index in [2.05, 4.69) is 20.9 Å². The Balaban J connectivity index is 2.53. The summed E-state index contributed by atoms with van der Waals surface area (Å²) in [5.74, 6) is 1.47. The Bertz CT molecular complexity index is 466. The van der Waals surface area contributed by atoms with Crippen LogP contribution in [0.4, 0.5) is 0 Å². The summed E-state index contributed by atoms with van der Waals surface area (Å²) >= 11 is 0. The summed E-state index contributed by atoms with van der Waals surface area (Å²) in [5, 5.41) is 9.83. The van der Waals surface area contributed by atoms with Crippen molar-refractivity contribution in [1.29, 1.82) is 0 Å². The molecule has 24 heavy (non-hydrogen) atoms. The zero-order chi connectivity index (χ0) is 18.2. The molecule has 1 fully saturated rings. The molecule has 1 aliphatic carbocycles. The minimum absolute atomic E-state index is 0.0315. The van der Waals surface area contributed by atoms with E-state index in [1.807, 2.05) is 27.7 Å². The smallest absolute Gasteiger partial charge is 0.227 e. The molecule has 140 valence electrons. The van der Waals surface area contributed by atoms with Gasteiger partial charge in [0.2, 0.25) is 5.91 Å². The van der Waals surface area contributed by atoms with E-state index in [1.165, 1.54) is 0 Å². The summed E-state index contributed by atoms with van der Waals surface area (Å²) in [4.78, 5) is 16.3. The molecule has 0 heterocycles. The van der Waals surface area contributed by atoms with E-state index in [9.17, 15) is 9.00 Å². The number of carbonyl (C=O) groups excluding carboxylic acids is 1. The van der Waals surface area contributed by atoms with Crippen LogP contribution in [-0.2, 0) is 15.6 Å². The molecule has 0 aromatic carbocycles. The topological polar surface area (TPSA) is 82.6 Å². The normalized spacial score (nSPS) is 23.5. The number of nitrogens with zero attached hydrogens (tertiary/aromatic N) is 1. The van der Waals surface area contributed by atoms with Crippen molar-refractivity contribution in [2.45, 2.75) is 64.7 Å². The molecule has 1 rings (SSSR count). The number of carbonyl (C=O) groups is 1. The fraction of sp³-hybridized carbons (Fsp3) is 0.882. The molecular formula is C17H34N4O2S. The third-order valence-electron chi connectivity index (χ3n) is 4.50. The monoisotopic (exact) mass is 358 g/mol. The summed E-state index contributed by atoms with van der Waals surface area (Å²) in [6.07, 6.45) is 4.13.